The van der Waals surface area contributed by atoms with Crippen molar-refractivity contribution in [3.8, 4) is 0 Å². The first-order valence-corrected chi connectivity index (χ1v) is 13.2. The highest BCUT2D eigenvalue weighted by molar-refractivity contribution is 6.03. The topological polar surface area (TPSA) is 105 Å². The van der Waals surface area contributed by atoms with E-state index in [4.69, 9.17) is 5.73 Å². The van der Waals surface area contributed by atoms with Crippen LogP contribution in [0.1, 0.15) is 42.4 Å². The van der Waals surface area contributed by atoms with Crippen molar-refractivity contribution in [3.05, 3.63) is 95.6 Å². The van der Waals surface area contributed by atoms with Crippen LogP contribution >= 0.6 is 0 Å². The fraction of sp³-hybridized carbons (Fsp3) is 0.258. The molecule has 214 valence electrons. The highest BCUT2D eigenvalue weighted by atomic mass is 19.4. The Morgan fingerprint density at radius 1 is 1.00 bits per heavy atom. The molecule has 1 aliphatic heterocycles. The average molecular weight is 565 g/mol. The number of carbonyl (C=O) groups is 3. The second kappa shape index (κ2) is 12.7. The van der Waals surface area contributed by atoms with Gasteiger partial charge in [-0.1, -0.05) is 36.4 Å². The molecule has 0 bridgehead atoms. The van der Waals surface area contributed by atoms with E-state index < -0.39 is 17.7 Å². The predicted octanol–water partition coefficient (Wildman–Crippen LogP) is 5.92. The molecule has 4 rings (SSSR count). The van der Waals surface area contributed by atoms with Crippen LogP contribution in [0, 0.1) is 5.92 Å². The van der Waals surface area contributed by atoms with Gasteiger partial charge in [0.05, 0.1) is 22.9 Å². The molecule has 3 aromatic carbocycles. The molecule has 1 saturated heterocycles. The molecule has 1 fully saturated rings. The number of nitrogen functional groups attached to an aromatic ring is 1. The molecule has 0 radical (unpaired) electrons. The van der Waals surface area contributed by atoms with Gasteiger partial charge in [0.1, 0.15) is 0 Å². The second-order valence-electron chi connectivity index (χ2n) is 10.0. The van der Waals surface area contributed by atoms with Crippen molar-refractivity contribution in [2.45, 2.75) is 31.9 Å². The lowest BCUT2D eigenvalue weighted by Crippen LogP contribution is -2.27. The molecule has 1 heterocycles. The molecule has 7 nitrogen and oxygen atoms in total. The number of para-hydroxylation sites is 2. The number of rotatable bonds is 8. The van der Waals surface area contributed by atoms with Crippen LogP contribution in [-0.2, 0) is 20.6 Å². The van der Waals surface area contributed by atoms with Gasteiger partial charge in [0.2, 0.25) is 17.7 Å². The van der Waals surface area contributed by atoms with Crippen LogP contribution in [0.5, 0.6) is 0 Å². The zero-order valence-corrected chi connectivity index (χ0v) is 22.4. The first-order valence-electron chi connectivity index (χ1n) is 13.2. The first kappa shape index (κ1) is 29.4. The molecule has 0 spiro atoms. The van der Waals surface area contributed by atoms with E-state index in [0.29, 0.717) is 36.4 Å². The van der Waals surface area contributed by atoms with Gasteiger partial charge in [-0.3, -0.25) is 14.4 Å². The largest absolute Gasteiger partial charge is 0.416 e. The van der Waals surface area contributed by atoms with Crippen LogP contribution in [0.15, 0.2) is 78.9 Å². The van der Waals surface area contributed by atoms with Crippen LogP contribution in [0.2, 0.25) is 0 Å². The minimum atomic E-state index is -4.47. The number of carbonyl (C=O) groups excluding carboxylic acids is 3. The van der Waals surface area contributed by atoms with E-state index in [1.54, 1.807) is 59.5 Å². The van der Waals surface area contributed by atoms with Crippen LogP contribution in [0.25, 0.3) is 6.08 Å². The lowest BCUT2D eigenvalue weighted by molar-refractivity contribution is -0.137. The van der Waals surface area contributed by atoms with Crippen LogP contribution in [0.4, 0.5) is 30.2 Å². The maximum atomic E-state index is 13.4. The Morgan fingerprint density at radius 3 is 2.29 bits per heavy atom. The maximum absolute atomic E-state index is 13.4. The number of anilines is 3. The normalized spacial score (nSPS) is 16.0. The lowest BCUT2D eigenvalue weighted by Gasteiger charge is -2.21. The minimum absolute atomic E-state index is 0.0200. The Labute approximate surface area is 236 Å². The second-order valence-corrected chi connectivity index (χ2v) is 10.0. The summed E-state index contributed by atoms with van der Waals surface area (Å²) in [5.41, 5.74) is 7.73. The Hall–Kier alpha value is -4.60. The standard InChI is InChI=1S/C31H31F3N4O3/c1-20(39)38-17-16-22(19-38)18-26(30(41)36-25-13-11-24(12-14-25)31(32,33)34)23-9-6-21(7-10-23)8-15-29(40)37-28-5-3-2-4-27(28)35/h2-15,22,26H,16-19,35H2,1H3,(H,36,41)(H,37,40)/b15-8+. The van der Waals surface area contributed by atoms with Crippen LogP contribution in [-0.4, -0.2) is 35.7 Å². The number of likely N-dealkylation sites (tertiary alicyclic amines) is 1. The van der Waals surface area contributed by atoms with Gasteiger partial charge in [0.25, 0.3) is 0 Å². The summed E-state index contributed by atoms with van der Waals surface area (Å²) >= 11 is 0. The number of nitrogens with zero attached hydrogens (tertiary/aromatic N) is 1. The molecular formula is C31H31F3N4O3. The third-order valence-corrected chi connectivity index (χ3v) is 7.08. The molecule has 1 aliphatic rings. The molecule has 41 heavy (non-hydrogen) atoms. The molecule has 4 N–H and O–H groups in total. The van der Waals surface area contributed by atoms with E-state index >= 15 is 0 Å². The zero-order valence-electron chi connectivity index (χ0n) is 22.4. The number of halogens is 3. The van der Waals surface area contributed by atoms with Gasteiger partial charge in [-0.2, -0.15) is 13.2 Å². The van der Waals surface area contributed by atoms with Crippen molar-refractivity contribution in [1.82, 2.24) is 4.90 Å². The fourth-order valence-electron chi connectivity index (χ4n) is 4.81. The van der Waals surface area contributed by atoms with Gasteiger partial charge >= 0.3 is 6.18 Å². The number of alkyl halides is 3. The summed E-state index contributed by atoms with van der Waals surface area (Å²) in [5.74, 6) is -1.23. The van der Waals surface area contributed by atoms with Gasteiger partial charge in [0, 0.05) is 31.8 Å². The monoisotopic (exact) mass is 564 g/mol. The van der Waals surface area contributed by atoms with Gasteiger partial charge in [-0.15, -0.1) is 0 Å². The fourth-order valence-corrected chi connectivity index (χ4v) is 4.81. The van der Waals surface area contributed by atoms with Crippen molar-refractivity contribution >= 4 is 40.9 Å². The summed E-state index contributed by atoms with van der Waals surface area (Å²) < 4.78 is 38.8. The van der Waals surface area contributed by atoms with Crippen molar-refractivity contribution < 1.29 is 27.6 Å². The van der Waals surface area contributed by atoms with E-state index in [1.165, 1.54) is 25.1 Å². The molecule has 0 aliphatic carbocycles. The summed E-state index contributed by atoms with van der Waals surface area (Å²) in [6.07, 6.45) is -0.234. The highest BCUT2D eigenvalue weighted by Crippen LogP contribution is 2.33. The number of benzene rings is 3. The smallest absolute Gasteiger partial charge is 0.397 e. The first-order chi connectivity index (χ1) is 19.5. The quantitative estimate of drug-likeness (QED) is 0.233. The molecule has 0 saturated carbocycles. The third kappa shape index (κ3) is 7.97. The van der Waals surface area contributed by atoms with E-state index in [-0.39, 0.29) is 29.3 Å². The Morgan fingerprint density at radius 2 is 1.68 bits per heavy atom. The van der Waals surface area contributed by atoms with Crippen molar-refractivity contribution in [1.29, 1.82) is 0 Å². The van der Waals surface area contributed by atoms with Gasteiger partial charge in [0.15, 0.2) is 0 Å². The van der Waals surface area contributed by atoms with E-state index in [9.17, 15) is 27.6 Å². The molecule has 10 heteroatoms. The number of hydrogen-bond acceptors (Lipinski definition) is 4. The molecule has 0 aromatic heterocycles. The van der Waals surface area contributed by atoms with Crippen molar-refractivity contribution in [2.24, 2.45) is 5.92 Å². The SMILES string of the molecule is CC(=O)N1CCC(CC(C(=O)Nc2ccc(C(F)(F)F)cc2)c2ccc(/C=C/C(=O)Nc3ccccc3N)cc2)C1. The molecular weight excluding hydrogens is 533 g/mol. The Bertz CT molecular complexity index is 1420. The Kier molecular flexibility index (Phi) is 9.11. The summed E-state index contributed by atoms with van der Waals surface area (Å²) in [7, 11) is 0. The van der Waals surface area contributed by atoms with E-state index in [2.05, 4.69) is 10.6 Å². The Balaban J connectivity index is 1.48. The predicted molar refractivity (Wildman–Crippen MR) is 153 cm³/mol. The summed E-state index contributed by atoms with van der Waals surface area (Å²) in [6, 6.07) is 18.4. The van der Waals surface area contributed by atoms with Gasteiger partial charge < -0.3 is 21.3 Å². The highest BCUT2D eigenvalue weighted by Gasteiger charge is 2.32. The number of nitrogens with one attached hydrogen (secondary N) is 2. The number of hydrogen-bond donors (Lipinski definition) is 3. The zero-order chi connectivity index (χ0) is 29.6. The van der Waals surface area contributed by atoms with Crippen LogP contribution in [0.3, 0.4) is 0 Å². The number of nitrogens with two attached hydrogens (primary N) is 1. The maximum Gasteiger partial charge on any atom is 0.416 e. The molecule has 3 amide bonds. The molecule has 2 atom stereocenters. The molecule has 2 unspecified atom stereocenters. The number of amides is 3. The third-order valence-electron chi connectivity index (χ3n) is 7.08. The van der Waals surface area contributed by atoms with E-state index in [1.807, 2.05) is 0 Å². The molecule has 3 aromatic rings. The summed E-state index contributed by atoms with van der Waals surface area (Å²) in [5, 5.41) is 5.46. The van der Waals surface area contributed by atoms with E-state index in [0.717, 1.165) is 24.1 Å². The minimum Gasteiger partial charge on any atom is -0.397 e. The van der Waals surface area contributed by atoms with Gasteiger partial charge in [-0.25, -0.2) is 0 Å². The van der Waals surface area contributed by atoms with Crippen molar-refractivity contribution in [2.75, 3.05) is 29.5 Å². The lowest BCUT2D eigenvalue weighted by atomic mass is 9.87. The summed E-state index contributed by atoms with van der Waals surface area (Å²) in [6.45, 7) is 2.67. The average Bonchev–Trinajstić information content (AvgIpc) is 3.41. The summed E-state index contributed by atoms with van der Waals surface area (Å²) in [4.78, 5) is 39.3. The van der Waals surface area contributed by atoms with Crippen LogP contribution < -0.4 is 16.4 Å². The van der Waals surface area contributed by atoms with Crippen molar-refractivity contribution in [3.63, 3.8) is 0 Å². The van der Waals surface area contributed by atoms with Gasteiger partial charge in [-0.05, 0) is 72.4 Å².